The largest absolute Gasteiger partial charge is 0.381 e. The predicted octanol–water partition coefficient (Wildman–Crippen LogP) is 3.60. The molecule has 0 bridgehead atoms. The lowest BCUT2D eigenvalue weighted by atomic mass is 9.96. The van der Waals surface area contributed by atoms with Crippen molar-refractivity contribution in [3.63, 3.8) is 0 Å². The maximum atomic E-state index is 6.03. The maximum absolute atomic E-state index is 6.03. The molecule has 1 saturated heterocycles. The molecule has 0 atom stereocenters. The van der Waals surface area contributed by atoms with Gasteiger partial charge in [-0.3, -0.25) is 0 Å². The first-order valence-electron chi connectivity index (χ1n) is 9.81. The molecule has 2 aromatic rings. The molecule has 3 rings (SSSR count). The van der Waals surface area contributed by atoms with Crippen molar-refractivity contribution >= 4 is 17.6 Å². The highest BCUT2D eigenvalue weighted by molar-refractivity contribution is 6.30. The second kappa shape index (κ2) is 10.4. The minimum absolute atomic E-state index is 0.331. The molecule has 1 fully saturated rings. The predicted molar refractivity (Wildman–Crippen MR) is 110 cm³/mol. The quantitative estimate of drug-likeness (QED) is 0.560. The lowest BCUT2D eigenvalue weighted by Crippen LogP contribution is -2.40. The molecule has 0 radical (unpaired) electrons. The Kier molecular flexibility index (Phi) is 7.68. The number of nitrogens with zero attached hydrogens (tertiary/aromatic N) is 4. The minimum Gasteiger partial charge on any atom is -0.381 e. The van der Waals surface area contributed by atoms with Gasteiger partial charge in [0.25, 0.3) is 0 Å². The van der Waals surface area contributed by atoms with Crippen LogP contribution in [0.3, 0.4) is 0 Å². The van der Waals surface area contributed by atoms with Crippen LogP contribution in [0.5, 0.6) is 0 Å². The van der Waals surface area contributed by atoms with Gasteiger partial charge < -0.3 is 19.5 Å². The zero-order chi connectivity index (χ0) is 19.8. The summed E-state index contributed by atoms with van der Waals surface area (Å²) >= 11 is 6.03. The first kappa shape index (κ1) is 20.6. The van der Waals surface area contributed by atoms with Crippen LogP contribution in [0.25, 0.3) is 11.4 Å². The molecule has 2 heterocycles. The molecule has 0 aliphatic carbocycles. The monoisotopic (exact) mass is 405 g/mol. The Bertz CT molecular complexity index is 773. The van der Waals surface area contributed by atoms with Crippen molar-refractivity contribution in [3.8, 4) is 11.4 Å². The van der Waals surface area contributed by atoms with E-state index in [0.29, 0.717) is 23.3 Å². The highest BCUT2D eigenvalue weighted by Gasteiger charge is 2.16. The van der Waals surface area contributed by atoms with Crippen LogP contribution in [0.4, 0.5) is 0 Å². The molecule has 1 aromatic carbocycles. The third-order valence-electron chi connectivity index (χ3n) is 4.83. The van der Waals surface area contributed by atoms with E-state index in [9.17, 15) is 0 Å². The summed E-state index contributed by atoms with van der Waals surface area (Å²) in [5, 5.41) is 8.01. The molecule has 0 saturated carbocycles. The normalized spacial score (nSPS) is 15.6. The van der Waals surface area contributed by atoms with Gasteiger partial charge in [-0.1, -0.05) is 28.9 Å². The summed E-state index contributed by atoms with van der Waals surface area (Å²) in [5.41, 5.74) is 0.826. The highest BCUT2D eigenvalue weighted by Crippen LogP contribution is 2.20. The van der Waals surface area contributed by atoms with Crippen LogP contribution in [0.2, 0.25) is 5.02 Å². The molecule has 0 amide bonds. The van der Waals surface area contributed by atoms with Crippen molar-refractivity contribution in [1.29, 1.82) is 0 Å². The zero-order valence-corrected chi connectivity index (χ0v) is 17.3. The van der Waals surface area contributed by atoms with Crippen LogP contribution in [0.1, 0.15) is 32.1 Å². The number of aromatic nitrogens is 2. The van der Waals surface area contributed by atoms with Gasteiger partial charge in [0.1, 0.15) is 6.54 Å². The molecule has 152 valence electrons. The number of rotatable bonds is 7. The number of ether oxygens (including phenoxy) is 1. The molecule has 8 heteroatoms. The van der Waals surface area contributed by atoms with Crippen LogP contribution in [0.15, 0.2) is 33.8 Å². The summed E-state index contributed by atoms with van der Waals surface area (Å²) in [6, 6.07) is 7.39. The van der Waals surface area contributed by atoms with E-state index in [0.717, 1.165) is 63.0 Å². The molecule has 1 aliphatic rings. The van der Waals surface area contributed by atoms with Crippen molar-refractivity contribution in [3.05, 3.63) is 35.2 Å². The van der Waals surface area contributed by atoms with Gasteiger partial charge in [0, 0.05) is 43.9 Å². The first-order chi connectivity index (χ1) is 13.7. The molecular weight excluding hydrogens is 378 g/mol. The Morgan fingerprint density at radius 1 is 1.36 bits per heavy atom. The summed E-state index contributed by atoms with van der Waals surface area (Å²) in [7, 11) is 2.06. The van der Waals surface area contributed by atoms with Gasteiger partial charge in [0.15, 0.2) is 5.96 Å². The van der Waals surface area contributed by atoms with E-state index >= 15 is 0 Å². The van der Waals surface area contributed by atoms with Crippen molar-refractivity contribution in [2.45, 2.75) is 32.7 Å². The Labute approximate surface area is 171 Å². The standard InChI is InChI=1S/C20H28ClN5O2/c1-3-22-20(26(2)10-7-15-8-11-27-12-9-15)23-14-18-24-19(25-28-18)16-5-4-6-17(21)13-16/h4-6,13,15H,3,7-12,14H2,1-2H3,(H,22,23). The van der Waals surface area contributed by atoms with E-state index in [1.54, 1.807) is 0 Å². The van der Waals surface area contributed by atoms with Gasteiger partial charge in [-0.25, -0.2) is 4.99 Å². The average molecular weight is 406 g/mol. The number of aliphatic imine (C=N–C) groups is 1. The van der Waals surface area contributed by atoms with Crippen molar-refractivity contribution < 1.29 is 9.26 Å². The summed E-state index contributed by atoms with van der Waals surface area (Å²) in [6.45, 7) is 5.92. The summed E-state index contributed by atoms with van der Waals surface area (Å²) < 4.78 is 10.8. The highest BCUT2D eigenvalue weighted by atomic mass is 35.5. The van der Waals surface area contributed by atoms with Crippen molar-refractivity contribution in [2.24, 2.45) is 10.9 Å². The Morgan fingerprint density at radius 3 is 2.93 bits per heavy atom. The number of hydrogen-bond acceptors (Lipinski definition) is 5. The average Bonchev–Trinajstić information content (AvgIpc) is 3.19. The minimum atomic E-state index is 0.331. The third kappa shape index (κ3) is 5.94. The lowest BCUT2D eigenvalue weighted by Gasteiger charge is -2.26. The fourth-order valence-electron chi connectivity index (χ4n) is 3.19. The van der Waals surface area contributed by atoms with Crippen molar-refractivity contribution in [2.75, 3.05) is 33.4 Å². The smallest absolute Gasteiger partial charge is 0.248 e. The molecule has 0 spiro atoms. The number of halogens is 1. The molecule has 1 aromatic heterocycles. The SMILES string of the molecule is CCNC(=NCc1nc(-c2cccc(Cl)c2)no1)N(C)CCC1CCOCC1. The second-order valence-corrected chi connectivity index (χ2v) is 7.39. The Hall–Kier alpha value is -2.12. The van der Waals surface area contributed by atoms with Crippen LogP contribution in [0, 0.1) is 5.92 Å². The number of nitrogens with one attached hydrogen (secondary N) is 1. The van der Waals surface area contributed by atoms with Gasteiger partial charge in [-0.15, -0.1) is 0 Å². The van der Waals surface area contributed by atoms with Crippen LogP contribution in [-0.4, -0.2) is 54.4 Å². The zero-order valence-electron chi connectivity index (χ0n) is 16.5. The fraction of sp³-hybridized carbons (Fsp3) is 0.550. The van der Waals surface area contributed by atoms with E-state index in [2.05, 4.69) is 39.3 Å². The van der Waals surface area contributed by atoms with Crippen LogP contribution >= 0.6 is 11.6 Å². The van der Waals surface area contributed by atoms with Crippen molar-refractivity contribution in [1.82, 2.24) is 20.4 Å². The molecule has 28 heavy (non-hydrogen) atoms. The second-order valence-electron chi connectivity index (χ2n) is 6.96. The third-order valence-corrected chi connectivity index (χ3v) is 5.06. The van der Waals surface area contributed by atoms with Gasteiger partial charge in [0.05, 0.1) is 0 Å². The van der Waals surface area contributed by atoms with Crippen LogP contribution < -0.4 is 5.32 Å². The van der Waals surface area contributed by atoms with E-state index in [1.165, 1.54) is 0 Å². The molecule has 1 aliphatic heterocycles. The first-order valence-corrected chi connectivity index (χ1v) is 10.2. The number of benzene rings is 1. The van der Waals surface area contributed by atoms with Gasteiger partial charge in [0.2, 0.25) is 11.7 Å². The topological polar surface area (TPSA) is 75.8 Å². The molecular formula is C20H28ClN5O2. The molecule has 1 N–H and O–H groups in total. The van der Waals surface area contributed by atoms with Gasteiger partial charge in [-0.05, 0) is 44.2 Å². The summed E-state index contributed by atoms with van der Waals surface area (Å²) in [5.74, 6) is 2.57. The van der Waals surface area contributed by atoms with E-state index < -0.39 is 0 Å². The summed E-state index contributed by atoms with van der Waals surface area (Å²) in [4.78, 5) is 11.2. The fourth-order valence-corrected chi connectivity index (χ4v) is 3.38. The Morgan fingerprint density at radius 2 is 2.18 bits per heavy atom. The Balaban J connectivity index is 1.59. The lowest BCUT2D eigenvalue weighted by molar-refractivity contribution is 0.0625. The van der Waals surface area contributed by atoms with Gasteiger partial charge >= 0.3 is 0 Å². The molecule has 0 unspecified atom stereocenters. The molecule has 7 nitrogen and oxygen atoms in total. The van der Waals surface area contributed by atoms with E-state index in [1.807, 2.05) is 24.3 Å². The summed E-state index contributed by atoms with van der Waals surface area (Å²) in [6.07, 6.45) is 3.44. The number of hydrogen-bond donors (Lipinski definition) is 1. The van der Waals surface area contributed by atoms with E-state index in [-0.39, 0.29) is 0 Å². The maximum Gasteiger partial charge on any atom is 0.248 e. The van der Waals surface area contributed by atoms with Gasteiger partial charge in [-0.2, -0.15) is 4.98 Å². The van der Waals surface area contributed by atoms with Crippen LogP contribution in [-0.2, 0) is 11.3 Å². The number of guanidine groups is 1. The van der Waals surface area contributed by atoms with E-state index in [4.69, 9.17) is 20.9 Å².